The first-order valence-electron chi connectivity index (χ1n) is 9.22. The van der Waals surface area contributed by atoms with Crippen LogP contribution in [-0.4, -0.2) is 38.6 Å². The molecule has 0 radical (unpaired) electrons. The van der Waals surface area contributed by atoms with E-state index in [4.69, 9.17) is 4.98 Å². The number of para-hydroxylation sites is 1. The molecule has 0 saturated heterocycles. The van der Waals surface area contributed by atoms with Gasteiger partial charge in [-0.2, -0.15) is 0 Å². The Morgan fingerprint density at radius 3 is 2.48 bits per heavy atom. The van der Waals surface area contributed by atoms with E-state index in [1.165, 1.54) is 11.1 Å². The molecule has 2 N–H and O–H groups in total. The summed E-state index contributed by atoms with van der Waals surface area (Å²) in [6, 6.07) is 20.8. The Morgan fingerprint density at radius 2 is 1.74 bits per heavy atom. The Kier molecular flexibility index (Phi) is 6.26. The molecular formula is C22H27N5. The van der Waals surface area contributed by atoms with Crippen LogP contribution < -0.4 is 15.5 Å². The van der Waals surface area contributed by atoms with Crippen LogP contribution in [-0.2, 0) is 13.0 Å². The third-order valence-electron chi connectivity index (χ3n) is 4.47. The zero-order valence-corrected chi connectivity index (χ0v) is 16.2. The van der Waals surface area contributed by atoms with Crippen LogP contribution in [0, 0.1) is 0 Å². The second-order valence-corrected chi connectivity index (χ2v) is 6.64. The van der Waals surface area contributed by atoms with Crippen LogP contribution in [0.25, 0.3) is 10.9 Å². The molecule has 0 aliphatic carbocycles. The van der Waals surface area contributed by atoms with Crippen molar-refractivity contribution in [1.82, 2.24) is 15.6 Å². The van der Waals surface area contributed by atoms with E-state index in [0.29, 0.717) is 6.54 Å². The highest BCUT2D eigenvalue weighted by molar-refractivity contribution is 5.85. The zero-order chi connectivity index (χ0) is 19.1. The molecule has 0 spiro atoms. The maximum Gasteiger partial charge on any atom is 0.191 e. The maximum atomic E-state index is 4.72. The smallest absolute Gasteiger partial charge is 0.191 e. The number of rotatable bonds is 6. The van der Waals surface area contributed by atoms with Gasteiger partial charge in [0.25, 0.3) is 0 Å². The van der Waals surface area contributed by atoms with Gasteiger partial charge in [-0.15, -0.1) is 0 Å². The Balaban J connectivity index is 1.65. The summed E-state index contributed by atoms with van der Waals surface area (Å²) in [4.78, 5) is 11.1. The van der Waals surface area contributed by atoms with Crippen molar-refractivity contribution in [2.24, 2.45) is 4.99 Å². The van der Waals surface area contributed by atoms with E-state index in [0.717, 1.165) is 35.6 Å². The van der Waals surface area contributed by atoms with Gasteiger partial charge in [0.15, 0.2) is 5.96 Å². The molecule has 3 rings (SSSR count). The summed E-state index contributed by atoms with van der Waals surface area (Å²) >= 11 is 0. The molecule has 0 fully saturated rings. The van der Waals surface area contributed by atoms with Crippen LogP contribution in [0.2, 0.25) is 0 Å². The zero-order valence-electron chi connectivity index (χ0n) is 16.2. The van der Waals surface area contributed by atoms with Crippen LogP contribution in [0.5, 0.6) is 0 Å². The van der Waals surface area contributed by atoms with Crippen LogP contribution in [0.15, 0.2) is 65.7 Å². The fraction of sp³-hybridized carbons (Fsp3) is 0.273. The molecule has 0 unspecified atom stereocenters. The SMILES string of the molecule is CN=C(NCCc1ccccc1)NCc1cc(N(C)C)nc2ccccc12. The molecule has 1 heterocycles. The minimum Gasteiger partial charge on any atom is -0.363 e. The highest BCUT2D eigenvalue weighted by Gasteiger charge is 2.08. The van der Waals surface area contributed by atoms with Crippen molar-refractivity contribution in [1.29, 1.82) is 0 Å². The first kappa shape index (κ1) is 18.7. The number of hydrogen-bond acceptors (Lipinski definition) is 3. The Bertz CT molecular complexity index is 903. The summed E-state index contributed by atoms with van der Waals surface area (Å²) in [5.74, 6) is 1.76. The predicted octanol–water partition coefficient (Wildman–Crippen LogP) is 3.21. The van der Waals surface area contributed by atoms with Crippen molar-refractivity contribution in [3.8, 4) is 0 Å². The molecule has 3 aromatic rings. The number of hydrogen-bond donors (Lipinski definition) is 2. The second-order valence-electron chi connectivity index (χ2n) is 6.64. The molecule has 1 aromatic heterocycles. The molecule has 5 heteroatoms. The lowest BCUT2D eigenvalue weighted by Gasteiger charge is -2.17. The third kappa shape index (κ3) is 4.97. The van der Waals surface area contributed by atoms with Crippen LogP contribution in [0.1, 0.15) is 11.1 Å². The second kappa shape index (κ2) is 9.03. The van der Waals surface area contributed by atoms with Crippen LogP contribution in [0.3, 0.4) is 0 Å². The Morgan fingerprint density at radius 1 is 1.00 bits per heavy atom. The van der Waals surface area contributed by atoms with E-state index in [-0.39, 0.29) is 0 Å². The van der Waals surface area contributed by atoms with Crippen molar-refractivity contribution in [2.45, 2.75) is 13.0 Å². The van der Waals surface area contributed by atoms with Crippen molar-refractivity contribution in [2.75, 3.05) is 32.6 Å². The largest absolute Gasteiger partial charge is 0.363 e. The molecular weight excluding hydrogens is 334 g/mol. The fourth-order valence-corrected chi connectivity index (χ4v) is 2.98. The molecule has 5 nitrogen and oxygen atoms in total. The Hall–Kier alpha value is -3.08. The van der Waals surface area contributed by atoms with Crippen LogP contribution >= 0.6 is 0 Å². The van der Waals surface area contributed by atoms with E-state index >= 15 is 0 Å². The standard InChI is InChI=1S/C22H27N5/c1-23-22(24-14-13-17-9-5-4-6-10-17)25-16-18-15-21(27(2)3)26-20-12-8-7-11-19(18)20/h4-12,15H,13-14,16H2,1-3H3,(H2,23,24,25). The average molecular weight is 361 g/mol. The Labute approximate surface area is 161 Å². The van der Waals surface area contributed by atoms with Gasteiger partial charge in [-0.05, 0) is 29.7 Å². The minimum absolute atomic E-state index is 0.689. The first-order chi connectivity index (χ1) is 13.2. The predicted molar refractivity (Wildman–Crippen MR) is 114 cm³/mol. The van der Waals surface area contributed by atoms with Gasteiger partial charge in [-0.3, -0.25) is 4.99 Å². The van der Waals surface area contributed by atoms with Gasteiger partial charge in [0.2, 0.25) is 0 Å². The molecule has 0 saturated carbocycles. The van der Waals surface area contributed by atoms with Crippen LogP contribution in [0.4, 0.5) is 5.82 Å². The molecule has 27 heavy (non-hydrogen) atoms. The topological polar surface area (TPSA) is 52.6 Å². The summed E-state index contributed by atoms with van der Waals surface area (Å²) in [6.07, 6.45) is 0.963. The third-order valence-corrected chi connectivity index (χ3v) is 4.47. The van der Waals surface area contributed by atoms with Gasteiger partial charge in [0.1, 0.15) is 5.82 Å². The average Bonchev–Trinajstić information content (AvgIpc) is 2.70. The molecule has 0 aliphatic heterocycles. The quantitative estimate of drug-likeness (QED) is 0.523. The lowest BCUT2D eigenvalue weighted by atomic mass is 10.1. The molecule has 0 atom stereocenters. The van der Waals surface area contributed by atoms with Crippen molar-refractivity contribution >= 4 is 22.7 Å². The maximum absolute atomic E-state index is 4.72. The normalized spacial score (nSPS) is 11.4. The summed E-state index contributed by atoms with van der Waals surface area (Å²) in [5.41, 5.74) is 3.53. The summed E-state index contributed by atoms with van der Waals surface area (Å²) in [6.45, 7) is 1.53. The lowest BCUT2D eigenvalue weighted by molar-refractivity contribution is 0.796. The number of guanidine groups is 1. The van der Waals surface area contributed by atoms with Gasteiger partial charge in [-0.25, -0.2) is 4.98 Å². The minimum atomic E-state index is 0.689. The number of pyridine rings is 1. The van der Waals surface area contributed by atoms with Gasteiger partial charge < -0.3 is 15.5 Å². The van der Waals surface area contributed by atoms with Gasteiger partial charge >= 0.3 is 0 Å². The monoisotopic (exact) mass is 361 g/mol. The number of nitrogens with one attached hydrogen (secondary N) is 2. The van der Waals surface area contributed by atoms with Crippen molar-refractivity contribution in [3.05, 3.63) is 71.8 Å². The van der Waals surface area contributed by atoms with Gasteiger partial charge in [0, 0.05) is 39.6 Å². The van der Waals surface area contributed by atoms with Gasteiger partial charge in [0.05, 0.1) is 5.52 Å². The number of nitrogens with zero attached hydrogens (tertiary/aromatic N) is 3. The summed E-state index contributed by atoms with van der Waals surface area (Å²) in [7, 11) is 5.82. The van der Waals surface area contributed by atoms with E-state index < -0.39 is 0 Å². The van der Waals surface area contributed by atoms with E-state index in [2.05, 4.69) is 64.2 Å². The number of fused-ring (bicyclic) bond motifs is 1. The summed E-state index contributed by atoms with van der Waals surface area (Å²) in [5, 5.41) is 7.97. The van der Waals surface area contributed by atoms with Crippen molar-refractivity contribution < 1.29 is 0 Å². The molecule has 140 valence electrons. The number of aromatic nitrogens is 1. The molecule has 2 aromatic carbocycles. The van der Waals surface area contributed by atoms with E-state index in [9.17, 15) is 0 Å². The van der Waals surface area contributed by atoms with E-state index in [1.807, 2.05) is 31.1 Å². The lowest BCUT2D eigenvalue weighted by Crippen LogP contribution is -2.37. The molecule has 0 amide bonds. The van der Waals surface area contributed by atoms with Gasteiger partial charge in [-0.1, -0.05) is 48.5 Å². The highest BCUT2D eigenvalue weighted by atomic mass is 15.2. The number of anilines is 1. The highest BCUT2D eigenvalue weighted by Crippen LogP contribution is 2.21. The number of benzene rings is 2. The van der Waals surface area contributed by atoms with Crippen molar-refractivity contribution in [3.63, 3.8) is 0 Å². The molecule has 0 aliphatic rings. The first-order valence-corrected chi connectivity index (χ1v) is 9.22. The number of aliphatic imine (C=N–C) groups is 1. The fourth-order valence-electron chi connectivity index (χ4n) is 2.98. The summed E-state index contributed by atoms with van der Waals surface area (Å²) < 4.78 is 0. The van der Waals surface area contributed by atoms with E-state index in [1.54, 1.807) is 7.05 Å². The molecule has 0 bridgehead atoms.